The maximum atomic E-state index is 12.5. The number of carbonyl (C=O) groups excluding carboxylic acids is 2. The van der Waals surface area contributed by atoms with E-state index in [1.165, 1.54) is 5.01 Å². The van der Waals surface area contributed by atoms with Crippen molar-refractivity contribution in [2.45, 2.75) is 18.9 Å². The lowest BCUT2D eigenvalue weighted by molar-refractivity contribution is -0.305. The van der Waals surface area contributed by atoms with Crippen molar-refractivity contribution in [3.63, 3.8) is 0 Å². The largest absolute Gasteiger partial charge is 0.550 e. The molecule has 2 aromatic rings. The Morgan fingerprint density at radius 2 is 1.78 bits per heavy atom. The minimum Gasteiger partial charge on any atom is -0.550 e. The van der Waals surface area contributed by atoms with Crippen LogP contribution in [0, 0.1) is 0 Å². The molecule has 1 aliphatic rings. The van der Waals surface area contributed by atoms with Crippen LogP contribution in [0.2, 0.25) is 0 Å². The first-order valence-electron chi connectivity index (χ1n) is 8.52. The Bertz CT molecular complexity index is 876. The van der Waals surface area contributed by atoms with E-state index in [9.17, 15) is 14.7 Å². The Hall–Kier alpha value is -2.86. The number of nitrogens with one attached hydrogen (secondary N) is 1. The average Bonchev–Trinajstić information content (AvgIpc) is 3.10. The van der Waals surface area contributed by atoms with Crippen LogP contribution < -0.4 is 10.5 Å². The van der Waals surface area contributed by atoms with Crippen molar-refractivity contribution in [2.24, 2.45) is 0 Å². The highest BCUT2D eigenvalue weighted by Crippen LogP contribution is 2.24. The highest BCUT2D eigenvalue weighted by molar-refractivity contribution is 9.10. The quantitative estimate of drug-likeness (QED) is 0.771. The summed E-state index contributed by atoms with van der Waals surface area (Å²) in [6.45, 7) is 0. The molecule has 138 valence electrons. The van der Waals surface area contributed by atoms with E-state index in [4.69, 9.17) is 0 Å². The van der Waals surface area contributed by atoms with Gasteiger partial charge in [-0.3, -0.25) is 10.2 Å². The molecule has 0 saturated heterocycles. The number of carbonyl (C=O) groups is 2. The number of aliphatic carboxylic acids is 1. The predicted octanol–water partition coefficient (Wildman–Crippen LogP) is 2.75. The predicted molar refractivity (Wildman–Crippen MR) is 106 cm³/mol. The first-order chi connectivity index (χ1) is 13.0. The third kappa shape index (κ3) is 5.08. The zero-order chi connectivity index (χ0) is 19.2. The van der Waals surface area contributed by atoms with Gasteiger partial charge in [-0.05, 0) is 35.8 Å². The zero-order valence-corrected chi connectivity index (χ0v) is 16.1. The number of halogens is 1. The van der Waals surface area contributed by atoms with Crippen LogP contribution in [0.25, 0.3) is 11.8 Å². The Balaban J connectivity index is 1.82. The Morgan fingerprint density at radius 3 is 2.44 bits per heavy atom. The van der Waals surface area contributed by atoms with Gasteiger partial charge in [-0.15, -0.1) is 0 Å². The van der Waals surface area contributed by atoms with Gasteiger partial charge in [-0.1, -0.05) is 70.5 Å². The number of benzene rings is 2. The van der Waals surface area contributed by atoms with Crippen molar-refractivity contribution in [3.05, 3.63) is 82.3 Å². The average molecular weight is 426 g/mol. The van der Waals surface area contributed by atoms with Gasteiger partial charge in [-0.25, -0.2) is 5.01 Å². The number of carboxylic acid groups (broad SMARTS) is 1. The van der Waals surface area contributed by atoms with Crippen molar-refractivity contribution >= 4 is 39.6 Å². The van der Waals surface area contributed by atoms with Crippen LogP contribution >= 0.6 is 15.9 Å². The Kier molecular flexibility index (Phi) is 6.08. The van der Waals surface area contributed by atoms with E-state index >= 15 is 0 Å². The monoisotopic (exact) mass is 425 g/mol. The fourth-order valence-corrected chi connectivity index (χ4v) is 3.01. The summed E-state index contributed by atoms with van der Waals surface area (Å²) in [4.78, 5) is 23.2. The maximum Gasteiger partial charge on any atom is 0.242 e. The van der Waals surface area contributed by atoms with E-state index in [0.29, 0.717) is 0 Å². The van der Waals surface area contributed by atoms with Gasteiger partial charge in [0, 0.05) is 16.9 Å². The van der Waals surface area contributed by atoms with Gasteiger partial charge in [0.05, 0.1) is 11.7 Å². The molecule has 6 heteroatoms. The number of rotatable bonds is 6. The maximum absolute atomic E-state index is 12.5. The molecule has 0 aliphatic carbocycles. The highest BCUT2D eigenvalue weighted by Gasteiger charge is 2.27. The molecular formula is C21H18BrN2O3-. The minimum absolute atomic E-state index is 0.119. The third-order valence-electron chi connectivity index (χ3n) is 4.13. The molecule has 5 nitrogen and oxygen atoms in total. The van der Waals surface area contributed by atoms with Gasteiger partial charge in [0.2, 0.25) is 5.91 Å². The van der Waals surface area contributed by atoms with Gasteiger partial charge >= 0.3 is 0 Å². The molecule has 0 aromatic heterocycles. The number of carboxylic acids is 1. The summed E-state index contributed by atoms with van der Waals surface area (Å²) in [5, 5.41) is 12.2. The third-order valence-corrected chi connectivity index (χ3v) is 4.66. The Labute approximate surface area is 166 Å². The Morgan fingerprint density at radius 1 is 1.07 bits per heavy atom. The molecule has 27 heavy (non-hydrogen) atoms. The number of amides is 1. The molecule has 0 spiro atoms. The molecule has 0 unspecified atom stereocenters. The highest BCUT2D eigenvalue weighted by atomic mass is 79.9. The molecule has 1 heterocycles. The van der Waals surface area contributed by atoms with Gasteiger partial charge in [-0.2, -0.15) is 0 Å². The van der Waals surface area contributed by atoms with Crippen LogP contribution in [0.1, 0.15) is 24.0 Å². The van der Waals surface area contributed by atoms with Crippen LogP contribution in [-0.4, -0.2) is 22.9 Å². The van der Waals surface area contributed by atoms with E-state index in [1.54, 1.807) is 0 Å². The van der Waals surface area contributed by atoms with Crippen LogP contribution in [-0.2, 0) is 9.59 Å². The van der Waals surface area contributed by atoms with Gasteiger partial charge in [0.15, 0.2) is 0 Å². The summed E-state index contributed by atoms with van der Waals surface area (Å²) >= 11 is 3.41. The molecule has 1 N–H and O–H groups in total. The number of hydrogen-bond acceptors (Lipinski definition) is 4. The number of hydrazine groups is 1. The lowest BCUT2D eigenvalue weighted by Crippen LogP contribution is -2.43. The second kappa shape index (κ2) is 8.68. The first kappa shape index (κ1) is 18.9. The van der Waals surface area contributed by atoms with Crippen molar-refractivity contribution in [1.29, 1.82) is 0 Å². The van der Waals surface area contributed by atoms with E-state index in [0.717, 1.165) is 21.3 Å². The molecule has 1 aliphatic heterocycles. The molecule has 2 aromatic carbocycles. The summed E-state index contributed by atoms with van der Waals surface area (Å²) in [6, 6.07) is 17.2. The van der Waals surface area contributed by atoms with Crippen LogP contribution in [0.15, 0.2) is 71.2 Å². The topological polar surface area (TPSA) is 72.5 Å². The fraction of sp³-hybridized carbons (Fsp3) is 0.143. The molecule has 0 saturated carbocycles. The lowest BCUT2D eigenvalue weighted by atomic mass is 10.1. The van der Waals surface area contributed by atoms with Crippen molar-refractivity contribution in [1.82, 2.24) is 10.4 Å². The number of hydrogen-bond donors (Lipinski definition) is 1. The second-order valence-electron chi connectivity index (χ2n) is 6.10. The molecule has 1 amide bonds. The normalized spacial score (nSPS) is 16.3. The van der Waals surface area contributed by atoms with Crippen LogP contribution in [0.4, 0.5) is 0 Å². The molecular weight excluding hydrogens is 408 g/mol. The van der Waals surface area contributed by atoms with Crippen LogP contribution in [0.5, 0.6) is 0 Å². The van der Waals surface area contributed by atoms with Gasteiger partial charge < -0.3 is 9.90 Å². The molecule has 3 rings (SSSR count). The van der Waals surface area contributed by atoms with E-state index < -0.39 is 5.97 Å². The van der Waals surface area contributed by atoms with Crippen molar-refractivity contribution < 1.29 is 14.7 Å². The standard InChI is InChI=1S/C21H19BrN2O3/c22-17-9-7-16(8-10-17)19-14-18(11-6-15-4-2-1-3-5-15)24(23-19)20(25)12-13-21(26)27/h1-11,14,18,23H,12-13H2,(H,26,27)/p-1/b11-6+/t18-/m0/s1. The van der Waals surface area contributed by atoms with E-state index in [1.807, 2.05) is 72.8 Å². The SMILES string of the molecule is O=C([O-])CCC(=O)N1NC(c2ccc(Br)cc2)=C[C@@H]1/C=C/c1ccccc1. The van der Waals surface area contributed by atoms with Crippen molar-refractivity contribution in [2.75, 3.05) is 0 Å². The van der Waals surface area contributed by atoms with Gasteiger partial charge in [0.25, 0.3) is 0 Å². The second-order valence-corrected chi connectivity index (χ2v) is 7.01. The van der Waals surface area contributed by atoms with Gasteiger partial charge in [0.1, 0.15) is 0 Å². The summed E-state index contributed by atoms with van der Waals surface area (Å²) < 4.78 is 0.965. The summed E-state index contributed by atoms with van der Waals surface area (Å²) in [6.07, 6.45) is 5.36. The smallest absolute Gasteiger partial charge is 0.242 e. The minimum atomic E-state index is -1.24. The fourth-order valence-electron chi connectivity index (χ4n) is 2.75. The summed E-state index contributed by atoms with van der Waals surface area (Å²) in [5.74, 6) is -1.54. The summed E-state index contributed by atoms with van der Waals surface area (Å²) in [5.41, 5.74) is 5.85. The first-order valence-corrected chi connectivity index (χ1v) is 9.32. The molecule has 0 radical (unpaired) electrons. The molecule has 0 fully saturated rings. The summed E-state index contributed by atoms with van der Waals surface area (Å²) in [7, 11) is 0. The van der Waals surface area contributed by atoms with E-state index in [-0.39, 0.29) is 24.8 Å². The zero-order valence-electron chi connectivity index (χ0n) is 14.5. The van der Waals surface area contributed by atoms with E-state index in [2.05, 4.69) is 21.4 Å². The number of nitrogens with zero attached hydrogens (tertiary/aromatic N) is 1. The molecule has 0 bridgehead atoms. The lowest BCUT2D eigenvalue weighted by Gasteiger charge is -2.23. The molecule has 1 atom stereocenters. The van der Waals surface area contributed by atoms with Crippen LogP contribution in [0.3, 0.4) is 0 Å². The van der Waals surface area contributed by atoms with Crippen molar-refractivity contribution in [3.8, 4) is 0 Å².